The minimum Gasteiger partial charge on any atom is -0.493 e. The predicted octanol–water partition coefficient (Wildman–Crippen LogP) is 3.27. The first-order chi connectivity index (χ1) is 16.5. The lowest BCUT2D eigenvalue weighted by molar-refractivity contribution is -0.130. The van der Waals surface area contributed by atoms with E-state index in [4.69, 9.17) is 18.9 Å². The molecule has 34 heavy (non-hydrogen) atoms. The lowest BCUT2D eigenvalue weighted by Gasteiger charge is -2.29. The van der Waals surface area contributed by atoms with Crippen LogP contribution in [0.5, 0.6) is 23.0 Å². The Morgan fingerprint density at radius 3 is 2.15 bits per heavy atom. The zero-order chi connectivity index (χ0) is 24.2. The highest BCUT2D eigenvalue weighted by molar-refractivity contribution is 5.80. The number of amides is 1. The number of carbonyl (C=O) groups is 1. The van der Waals surface area contributed by atoms with Crippen LogP contribution in [0.3, 0.4) is 0 Å². The second kappa shape index (κ2) is 10.6. The summed E-state index contributed by atoms with van der Waals surface area (Å²) in [6, 6.07) is 6.06. The van der Waals surface area contributed by atoms with Crippen LogP contribution in [0.25, 0.3) is 0 Å². The summed E-state index contributed by atoms with van der Waals surface area (Å²) in [7, 11) is 8.80. The summed E-state index contributed by atoms with van der Waals surface area (Å²) in [5.41, 5.74) is 6.19. The number of hydrogen-bond donors (Lipinski definition) is 0. The van der Waals surface area contributed by atoms with Gasteiger partial charge in [-0.15, -0.1) is 0 Å². The lowest BCUT2D eigenvalue weighted by Crippen LogP contribution is -2.35. The summed E-state index contributed by atoms with van der Waals surface area (Å²) < 4.78 is 22.1. The van der Waals surface area contributed by atoms with Gasteiger partial charge in [0.2, 0.25) is 5.91 Å². The molecule has 2 aromatic rings. The van der Waals surface area contributed by atoms with Gasteiger partial charge >= 0.3 is 0 Å². The zero-order valence-corrected chi connectivity index (χ0v) is 21.0. The van der Waals surface area contributed by atoms with E-state index in [1.165, 1.54) is 16.7 Å². The van der Waals surface area contributed by atoms with Crippen molar-refractivity contribution in [3.8, 4) is 23.0 Å². The summed E-state index contributed by atoms with van der Waals surface area (Å²) in [4.78, 5) is 17.3. The molecule has 1 aliphatic heterocycles. The van der Waals surface area contributed by atoms with Crippen molar-refractivity contribution in [2.75, 3.05) is 55.1 Å². The smallest absolute Gasteiger partial charge is 0.227 e. The van der Waals surface area contributed by atoms with Gasteiger partial charge in [-0.3, -0.25) is 4.79 Å². The number of hydrogen-bond acceptors (Lipinski definition) is 6. The molecule has 7 heteroatoms. The van der Waals surface area contributed by atoms with E-state index >= 15 is 0 Å². The molecule has 1 aliphatic carbocycles. The highest BCUT2D eigenvalue weighted by Crippen LogP contribution is 2.41. The maximum absolute atomic E-state index is 13.0. The van der Waals surface area contributed by atoms with Crippen molar-refractivity contribution < 1.29 is 23.7 Å². The zero-order valence-electron chi connectivity index (χ0n) is 21.0. The number of carbonyl (C=O) groups excluding carboxylic acids is 1. The largest absolute Gasteiger partial charge is 0.493 e. The molecule has 0 unspecified atom stereocenters. The molecule has 0 saturated carbocycles. The van der Waals surface area contributed by atoms with Gasteiger partial charge in [0.25, 0.3) is 0 Å². The van der Waals surface area contributed by atoms with Crippen molar-refractivity contribution in [3.05, 3.63) is 46.0 Å². The molecule has 7 nitrogen and oxygen atoms in total. The van der Waals surface area contributed by atoms with Crippen molar-refractivity contribution in [3.63, 3.8) is 0 Å². The summed E-state index contributed by atoms with van der Waals surface area (Å²) in [5.74, 6) is 3.22. The quantitative estimate of drug-likeness (QED) is 0.534. The molecule has 2 aliphatic rings. The van der Waals surface area contributed by atoms with Crippen molar-refractivity contribution in [1.29, 1.82) is 0 Å². The Labute approximate surface area is 202 Å². The molecule has 0 fully saturated rings. The molecule has 2 aromatic carbocycles. The van der Waals surface area contributed by atoms with Crippen molar-refractivity contribution in [1.82, 2.24) is 9.80 Å². The van der Waals surface area contributed by atoms with Gasteiger partial charge in [-0.1, -0.05) is 0 Å². The van der Waals surface area contributed by atoms with Gasteiger partial charge in [-0.25, -0.2) is 0 Å². The summed E-state index contributed by atoms with van der Waals surface area (Å²) >= 11 is 0. The van der Waals surface area contributed by atoms with Crippen molar-refractivity contribution in [2.24, 2.45) is 0 Å². The molecule has 0 bridgehead atoms. The highest BCUT2D eigenvalue weighted by atomic mass is 16.5. The molecule has 0 radical (unpaired) electrons. The molecular formula is C27H36N2O5. The number of ether oxygens (including phenoxy) is 4. The van der Waals surface area contributed by atoms with E-state index in [-0.39, 0.29) is 5.91 Å². The first kappa shape index (κ1) is 24.2. The maximum atomic E-state index is 13.0. The van der Waals surface area contributed by atoms with E-state index < -0.39 is 0 Å². The summed E-state index contributed by atoms with van der Waals surface area (Å²) in [6.45, 7) is 3.18. The van der Waals surface area contributed by atoms with Gasteiger partial charge in [-0.05, 0) is 79.7 Å². The lowest BCUT2D eigenvalue weighted by atomic mass is 9.83. The number of methoxy groups -OCH3 is 4. The topological polar surface area (TPSA) is 60.5 Å². The van der Waals surface area contributed by atoms with Crippen molar-refractivity contribution in [2.45, 2.75) is 38.6 Å². The molecule has 1 amide bonds. The Bertz CT molecular complexity index is 1050. The SMILES string of the molecule is COc1cc2c(cc1OC)CC(=O)N(CCCN(C)Cc1c3c(cc(OC)c1OC)CC3)CC2. The van der Waals surface area contributed by atoms with Crippen LogP contribution in [0.15, 0.2) is 18.2 Å². The van der Waals surface area contributed by atoms with Crippen molar-refractivity contribution >= 4 is 5.91 Å². The Morgan fingerprint density at radius 1 is 0.853 bits per heavy atom. The normalized spacial score (nSPS) is 14.8. The van der Waals surface area contributed by atoms with Crippen LogP contribution in [-0.4, -0.2) is 70.8 Å². The highest BCUT2D eigenvalue weighted by Gasteiger charge is 2.26. The van der Waals surface area contributed by atoms with Crippen LogP contribution in [0, 0.1) is 0 Å². The molecule has 0 saturated heterocycles. The van der Waals surface area contributed by atoms with E-state index in [2.05, 4.69) is 18.0 Å². The fourth-order valence-corrected chi connectivity index (χ4v) is 5.08. The number of benzene rings is 2. The van der Waals surface area contributed by atoms with Gasteiger partial charge in [0.15, 0.2) is 23.0 Å². The van der Waals surface area contributed by atoms with Crippen LogP contribution in [0.1, 0.15) is 34.2 Å². The fourth-order valence-electron chi connectivity index (χ4n) is 5.08. The van der Waals surface area contributed by atoms with E-state index in [0.29, 0.717) is 17.9 Å². The van der Waals surface area contributed by atoms with Gasteiger partial charge in [0, 0.05) is 25.2 Å². The Kier molecular flexibility index (Phi) is 7.51. The molecule has 0 spiro atoms. The van der Waals surface area contributed by atoms with E-state index in [9.17, 15) is 4.79 Å². The first-order valence-corrected chi connectivity index (χ1v) is 11.9. The number of aryl methyl sites for hydroxylation is 1. The van der Waals surface area contributed by atoms with Gasteiger partial charge in [-0.2, -0.15) is 0 Å². The fraction of sp³-hybridized carbons (Fsp3) is 0.519. The van der Waals surface area contributed by atoms with Gasteiger partial charge < -0.3 is 28.7 Å². The molecule has 4 rings (SSSR count). The molecule has 0 atom stereocenters. The van der Waals surface area contributed by atoms with E-state index in [1.807, 2.05) is 17.0 Å². The minimum absolute atomic E-state index is 0.171. The Balaban J connectivity index is 1.35. The van der Waals surface area contributed by atoms with E-state index in [0.717, 1.165) is 74.5 Å². The van der Waals surface area contributed by atoms with Crippen LogP contribution in [-0.2, 0) is 37.0 Å². The number of rotatable bonds is 10. The van der Waals surface area contributed by atoms with Crippen LogP contribution in [0.4, 0.5) is 0 Å². The van der Waals surface area contributed by atoms with Crippen LogP contribution < -0.4 is 18.9 Å². The Morgan fingerprint density at radius 2 is 1.53 bits per heavy atom. The summed E-state index contributed by atoms with van der Waals surface area (Å²) in [6.07, 6.45) is 4.34. The van der Waals surface area contributed by atoms with E-state index in [1.54, 1.807) is 28.4 Å². The Hall–Kier alpha value is -2.93. The standard InChI is InChI=1S/C27H36N2O5/c1-28(17-22-21-8-7-19(21)14-25(33-4)27(22)34-5)10-6-11-29-12-9-18-13-23(31-2)24(32-3)15-20(18)16-26(29)30/h13-15H,6-12,16-17H2,1-5H3. The summed E-state index contributed by atoms with van der Waals surface area (Å²) in [5, 5.41) is 0. The maximum Gasteiger partial charge on any atom is 0.227 e. The van der Waals surface area contributed by atoms with Crippen LogP contribution >= 0.6 is 0 Å². The molecule has 1 heterocycles. The molecule has 0 aromatic heterocycles. The monoisotopic (exact) mass is 468 g/mol. The first-order valence-electron chi connectivity index (χ1n) is 11.9. The number of fused-ring (bicyclic) bond motifs is 2. The third kappa shape index (κ3) is 4.80. The average molecular weight is 469 g/mol. The second-order valence-electron chi connectivity index (χ2n) is 9.10. The predicted molar refractivity (Wildman–Crippen MR) is 131 cm³/mol. The average Bonchev–Trinajstić information content (AvgIpc) is 2.96. The molecular weight excluding hydrogens is 432 g/mol. The van der Waals surface area contributed by atoms with Crippen LogP contribution in [0.2, 0.25) is 0 Å². The second-order valence-corrected chi connectivity index (χ2v) is 9.10. The third-order valence-electron chi connectivity index (χ3n) is 7.07. The van der Waals surface area contributed by atoms with Gasteiger partial charge in [0.05, 0.1) is 34.9 Å². The third-order valence-corrected chi connectivity index (χ3v) is 7.07. The van der Waals surface area contributed by atoms with Gasteiger partial charge in [0.1, 0.15) is 0 Å². The molecule has 0 N–H and O–H groups in total. The number of nitrogens with zero attached hydrogens (tertiary/aromatic N) is 2. The minimum atomic E-state index is 0.171. The molecule has 184 valence electrons.